The smallest absolute Gasteiger partial charge is 0.296 e. The van der Waals surface area contributed by atoms with Crippen LogP contribution in [0.25, 0.3) is 22.2 Å². The van der Waals surface area contributed by atoms with E-state index in [2.05, 4.69) is 9.97 Å². The Bertz CT molecular complexity index is 902. The Labute approximate surface area is 140 Å². The number of alkyl halides is 2. The van der Waals surface area contributed by atoms with Crippen LogP contribution in [0.15, 0.2) is 42.7 Å². The highest BCUT2D eigenvalue weighted by molar-refractivity contribution is 5.89. The number of nitrogens with zero attached hydrogens (tertiary/aromatic N) is 2. The summed E-state index contributed by atoms with van der Waals surface area (Å²) in [4.78, 5) is 25.7. The monoisotopic (exact) mass is 349 g/mol. The molecule has 2 N–H and O–H groups in total. The fourth-order valence-electron chi connectivity index (χ4n) is 2.25. The van der Waals surface area contributed by atoms with Gasteiger partial charge in [-0.25, -0.2) is 13.8 Å². The molecule has 0 aliphatic rings. The minimum absolute atomic E-state index is 0.0685. The Morgan fingerprint density at radius 3 is 2.40 bits per heavy atom. The molecular weight excluding hydrogens is 336 g/mol. The topological polar surface area (TPSA) is 109 Å². The molecule has 2 aromatic heterocycles. The molecule has 9 heteroatoms. The first kappa shape index (κ1) is 18.0. The van der Waals surface area contributed by atoms with E-state index in [1.807, 2.05) is 0 Å². The number of carbonyl (C=O) groups is 1. The van der Waals surface area contributed by atoms with Crippen LogP contribution in [0.2, 0.25) is 0 Å². The molecule has 0 aliphatic heterocycles. The number of halogens is 2. The third-order valence-electron chi connectivity index (χ3n) is 3.43. The van der Waals surface area contributed by atoms with Crippen molar-refractivity contribution in [3.8, 4) is 11.1 Å². The van der Waals surface area contributed by atoms with E-state index in [1.54, 1.807) is 24.4 Å². The number of aromatic amines is 1. The van der Waals surface area contributed by atoms with Gasteiger partial charge in [0.2, 0.25) is 0 Å². The molecule has 0 aliphatic carbocycles. The summed E-state index contributed by atoms with van der Waals surface area (Å²) in [6.45, 7) is 0.582. The summed E-state index contributed by atoms with van der Waals surface area (Å²) in [6, 6.07) is 7.40. The van der Waals surface area contributed by atoms with Gasteiger partial charge >= 0.3 is 0 Å². The van der Waals surface area contributed by atoms with Crippen molar-refractivity contribution >= 4 is 23.2 Å². The molecule has 2 heterocycles. The predicted octanol–water partition coefficient (Wildman–Crippen LogP) is 3.95. The lowest BCUT2D eigenvalue weighted by Crippen LogP contribution is -2.06. The minimum Gasteiger partial charge on any atom is -0.483 e. The summed E-state index contributed by atoms with van der Waals surface area (Å²) in [6.07, 6.45) is 2.82. The van der Waals surface area contributed by atoms with Crippen molar-refractivity contribution in [1.82, 2.24) is 9.97 Å². The van der Waals surface area contributed by atoms with Gasteiger partial charge in [0.05, 0.1) is 16.5 Å². The van der Waals surface area contributed by atoms with Crippen LogP contribution in [-0.2, 0) is 10.7 Å². The highest BCUT2D eigenvalue weighted by Crippen LogP contribution is 2.31. The second-order valence-electron chi connectivity index (χ2n) is 5.12. The van der Waals surface area contributed by atoms with E-state index >= 15 is 0 Å². The molecule has 0 fully saturated rings. The fourth-order valence-corrected chi connectivity index (χ4v) is 2.25. The lowest BCUT2D eigenvalue weighted by molar-refractivity contribution is -0.383. The fraction of sp³-hybridized carbons (Fsp3) is 0.125. The molecule has 1 aromatic carbocycles. The van der Waals surface area contributed by atoms with Gasteiger partial charge in [-0.1, -0.05) is 24.3 Å². The van der Waals surface area contributed by atoms with Crippen molar-refractivity contribution in [2.45, 2.75) is 12.8 Å². The van der Waals surface area contributed by atoms with Crippen LogP contribution in [0.1, 0.15) is 12.5 Å². The van der Waals surface area contributed by atoms with Crippen molar-refractivity contribution in [3.05, 3.63) is 58.4 Å². The normalized spacial score (nSPS) is 10.8. The second-order valence-corrected chi connectivity index (χ2v) is 5.12. The van der Waals surface area contributed by atoms with Crippen LogP contribution in [0.4, 0.5) is 14.5 Å². The highest BCUT2D eigenvalue weighted by Gasteiger charge is 2.23. The Morgan fingerprint density at radius 1 is 1.28 bits per heavy atom. The van der Waals surface area contributed by atoms with E-state index in [-0.39, 0.29) is 17.7 Å². The molecule has 0 bridgehead atoms. The van der Waals surface area contributed by atoms with Gasteiger partial charge in [0.25, 0.3) is 18.1 Å². The summed E-state index contributed by atoms with van der Waals surface area (Å²) in [5, 5.41) is 18.2. The minimum atomic E-state index is -2.90. The molecular formula is C16H13F2N3O4. The molecule has 0 spiro atoms. The SMILES string of the molecule is CC(F)(F)c1ccc(-c2cnc3[nH]cc([N+](=O)[O-])c3c2)cc1.O=CO. The van der Waals surface area contributed by atoms with E-state index in [1.165, 1.54) is 18.3 Å². The number of fused-ring (bicyclic) bond motifs is 1. The Kier molecular flexibility index (Phi) is 5.06. The lowest BCUT2D eigenvalue weighted by Gasteiger charge is -2.11. The number of carboxylic acid groups (broad SMARTS) is 1. The molecule has 3 aromatic rings. The van der Waals surface area contributed by atoms with E-state index < -0.39 is 10.8 Å². The van der Waals surface area contributed by atoms with E-state index in [0.29, 0.717) is 22.2 Å². The highest BCUT2D eigenvalue weighted by atomic mass is 19.3. The van der Waals surface area contributed by atoms with Gasteiger partial charge in [0, 0.05) is 24.2 Å². The summed E-state index contributed by atoms with van der Waals surface area (Å²) < 4.78 is 26.4. The maximum Gasteiger partial charge on any atom is 0.296 e. The molecule has 0 saturated heterocycles. The number of aromatic nitrogens is 2. The average molecular weight is 349 g/mol. The maximum atomic E-state index is 13.2. The Hall–Kier alpha value is -3.36. The molecule has 0 atom stereocenters. The van der Waals surface area contributed by atoms with Gasteiger partial charge in [-0.2, -0.15) is 0 Å². The lowest BCUT2D eigenvalue weighted by atomic mass is 10.0. The number of benzene rings is 1. The predicted molar refractivity (Wildman–Crippen MR) is 86.4 cm³/mol. The first-order valence-electron chi connectivity index (χ1n) is 6.96. The quantitative estimate of drug-likeness (QED) is 0.423. The zero-order valence-corrected chi connectivity index (χ0v) is 12.9. The summed E-state index contributed by atoms with van der Waals surface area (Å²) in [7, 11) is 0. The van der Waals surface area contributed by atoms with Crippen molar-refractivity contribution in [2.75, 3.05) is 0 Å². The first-order valence-corrected chi connectivity index (χ1v) is 6.96. The molecule has 25 heavy (non-hydrogen) atoms. The van der Waals surface area contributed by atoms with Gasteiger partial charge in [0.15, 0.2) is 0 Å². The van der Waals surface area contributed by atoms with Crippen LogP contribution in [0, 0.1) is 10.1 Å². The van der Waals surface area contributed by atoms with Gasteiger partial charge in [-0.3, -0.25) is 14.9 Å². The van der Waals surface area contributed by atoms with Crippen molar-refractivity contribution in [1.29, 1.82) is 0 Å². The molecule has 0 amide bonds. The average Bonchev–Trinajstić information content (AvgIpc) is 2.98. The van der Waals surface area contributed by atoms with Crippen LogP contribution in [0.5, 0.6) is 0 Å². The van der Waals surface area contributed by atoms with Gasteiger partial charge in [-0.15, -0.1) is 0 Å². The van der Waals surface area contributed by atoms with Gasteiger partial charge in [0.1, 0.15) is 5.65 Å². The molecule has 0 radical (unpaired) electrons. The third-order valence-corrected chi connectivity index (χ3v) is 3.43. The summed E-state index contributed by atoms with van der Waals surface area (Å²) in [5.41, 5.74) is 1.55. The Balaban J connectivity index is 0.000000701. The van der Waals surface area contributed by atoms with Crippen LogP contribution in [0.3, 0.4) is 0 Å². The number of H-pyrrole nitrogens is 1. The Morgan fingerprint density at radius 2 is 1.88 bits per heavy atom. The van der Waals surface area contributed by atoms with Crippen LogP contribution >= 0.6 is 0 Å². The second kappa shape index (κ2) is 7.04. The van der Waals surface area contributed by atoms with Crippen molar-refractivity contribution in [3.63, 3.8) is 0 Å². The molecule has 0 saturated carbocycles. The molecule has 130 valence electrons. The molecule has 7 nitrogen and oxygen atoms in total. The number of pyridine rings is 1. The maximum absolute atomic E-state index is 13.2. The first-order chi connectivity index (χ1) is 11.8. The molecule has 3 rings (SSSR count). The zero-order chi connectivity index (χ0) is 18.6. The van der Waals surface area contributed by atoms with Gasteiger partial charge in [-0.05, 0) is 11.6 Å². The van der Waals surface area contributed by atoms with Gasteiger partial charge < -0.3 is 10.1 Å². The van der Waals surface area contributed by atoms with Crippen molar-refractivity contribution in [2.24, 2.45) is 0 Å². The van der Waals surface area contributed by atoms with Crippen LogP contribution in [-0.4, -0.2) is 26.5 Å². The summed E-state index contributed by atoms with van der Waals surface area (Å²) >= 11 is 0. The zero-order valence-electron chi connectivity index (χ0n) is 12.9. The number of nitrogens with one attached hydrogen (secondary N) is 1. The largest absolute Gasteiger partial charge is 0.483 e. The number of hydrogen-bond acceptors (Lipinski definition) is 4. The standard InChI is InChI=1S/C15H11F2N3O2.CH2O2/c1-15(16,17)11-4-2-9(3-5-11)10-6-12-13(20(21)22)8-19-14(12)18-7-10;2-1-3/h2-8H,1H3,(H,18,19);1H,(H,2,3). The number of rotatable bonds is 3. The molecule has 0 unspecified atom stereocenters. The third kappa shape index (κ3) is 3.94. The van der Waals surface area contributed by atoms with Crippen LogP contribution < -0.4 is 0 Å². The van der Waals surface area contributed by atoms with E-state index in [0.717, 1.165) is 6.92 Å². The van der Waals surface area contributed by atoms with E-state index in [4.69, 9.17) is 9.90 Å². The van der Waals surface area contributed by atoms with E-state index in [9.17, 15) is 18.9 Å². The summed E-state index contributed by atoms with van der Waals surface area (Å²) in [5.74, 6) is -2.90. The van der Waals surface area contributed by atoms with Crippen molar-refractivity contribution < 1.29 is 23.6 Å². The number of nitro groups is 1. The number of hydrogen-bond donors (Lipinski definition) is 2.